The summed E-state index contributed by atoms with van der Waals surface area (Å²) in [4.78, 5) is 16.6. The summed E-state index contributed by atoms with van der Waals surface area (Å²) in [6.07, 6.45) is 0. The van der Waals surface area contributed by atoms with Crippen LogP contribution in [0.3, 0.4) is 0 Å². The number of carbonyl (C=O) groups is 1. The van der Waals surface area contributed by atoms with Gasteiger partial charge in [0.25, 0.3) is 5.91 Å². The van der Waals surface area contributed by atoms with E-state index in [0.29, 0.717) is 17.3 Å². The first-order valence-corrected chi connectivity index (χ1v) is 8.34. The molecule has 0 atom stereocenters. The van der Waals surface area contributed by atoms with Gasteiger partial charge in [-0.25, -0.2) is 0 Å². The molecule has 5 nitrogen and oxygen atoms in total. The van der Waals surface area contributed by atoms with Crippen molar-refractivity contribution >= 4 is 17.5 Å². The number of piperazine rings is 1. The standard InChI is InChI=1S/C17H26ClN3O2/c1-17(2)13-21(11-10-20(17)3)9-8-19-16(22)12-23-15-7-5-4-6-14(15)18/h4-7H,8-13H2,1-3H3,(H,19,22). The number of halogens is 1. The van der Waals surface area contributed by atoms with E-state index in [1.807, 2.05) is 12.1 Å². The van der Waals surface area contributed by atoms with Crippen molar-refractivity contribution in [3.8, 4) is 5.75 Å². The van der Waals surface area contributed by atoms with Gasteiger partial charge >= 0.3 is 0 Å². The summed E-state index contributed by atoms with van der Waals surface area (Å²) in [5, 5.41) is 3.41. The number of hydrogen-bond acceptors (Lipinski definition) is 4. The zero-order valence-electron chi connectivity index (χ0n) is 14.1. The lowest BCUT2D eigenvalue weighted by Crippen LogP contribution is -2.58. The van der Waals surface area contributed by atoms with Gasteiger partial charge in [0.05, 0.1) is 5.02 Å². The normalized spacial score (nSPS) is 18.6. The highest BCUT2D eigenvalue weighted by atomic mass is 35.5. The van der Waals surface area contributed by atoms with E-state index in [1.54, 1.807) is 12.1 Å². The number of hydrogen-bond donors (Lipinski definition) is 1. The van der Waals surface area contributed by atoms with Crippen molar-refractivity contribution in [1.29, 1.82) is 0 Å². The van der Waals surface area contributed by atoms with Crippen LogP contribution in [0.25, 0.3) is 0 Å². The molecule has 0 radical (unpaired) electrons. The number of rotatable bonds is 6. The monoisotopic (exact) mass is 339 g/mol. The molecule has 1 aliphatic rings. The van der Waals surface area contributed by atoms with Gasteiger partial charge < -0.3 is 10.1 Å². The molecule has 1 heterocycles. The third-order valence-electron chi connectivity index (χ3n) is 4.34. The van der Waals surface area contributed by atoms with Gasteiger partial charge in [-0.2, -0.15) is 0 Å². The number of nitrogens with one attached hydrogen (secondary N) is 1. The third-order valence-corrected chi connectivity index (χ3v) is 4.65. The maximum atomic E-state index is 11.8. The predicted octanol–water partition coefficient (Wildman–Crippen LogP) is 1.86. The Morgan fingerprint density at radius 2 is 2.09 bits per heavy atom. The van der Waals surface area contributed by atoms with Gasteiger partial charge in [-0.15, -0.1) is 0 Å². The van der Waals surface area contributed by atoms with Crippen LogP contribution in [-0.4, -0.2) is 67.6 Å². The van der Waals surface area contributed by atoms with Crippen LogP contribution >= 0.6 is 11.6 Å². The Morgan fingerprint density at radius 3 is 2.78 bits per heavy atom. The average Bonchev–Trinajstić information content (AvgIpc) is 2.50. The summed E-state index contributed by atoms with van der Waals surface area (Å²) in [5.74, 6) is 0.406. The number of para-hydroxylation sites is 1. The topological polar surface area (TPSA) is 44.8 Å². The zero-order chi connectivity index (χ0) is 16.9. The average molecular weight is 340 g/mol. The fourth-order valence-corrected chi connectivity index (χ4v) is 2.83. The maximum Gasteiger partial charge on any atom is 0.257 e. The first-order chi connectivity index (χ1) is 10.9. The molecule has 1 aromatic rings. The van der Waals surface area contributed by atoms with Crippen LogP contribution in [0.1, 0.15) is 13.8 Å². The number of likely N-dealkylation sites (N-methyl/N-ethyl adjacent to an activating group) is 1. The summed E-state index contributed by atoms with van der Waals surface area (Å²) in [6, 6.07) is 7.15. The van der Waals surface area contributed by atoms with E-state index in [9.17, 15) is 4.79 Å². The van der Waals surface area contributed by atoms with Crippen LogP contribution in [0.5, 0.6) is 5.75 Å². The minimum Gasteiger partial charge on any atom is -0.482 e. The molecule has 1 aliphatic heterocycles. The Hall–Kier alpha value is -1.30. The van der Waals surface area contributed by atoms with Crippen LogP contribution in [0.4, 0.5) is 0 Å². The molecule has 1 saturated heterocycles. The SMILES string of the molecule is CN1CCN(CCNC(=O)COc2ccccc2Cl)CC1(C)C. The Kier molecular flexibility index (Phi) is 6.27. The minimum atomic E-state index is -0.127. The van der Waals surface area contributed by atoms with Gasteiger partial charge in [-0.3, -0.25) is 14.6 Å². The maximum absolute atomic E-state index is 11.8. The molecule has 0 saturated carbocycles. The molecule has 1 fully saturated rings. The van der Waals surface area contributed by atoms with Gasteiger partial charge in [-0.05, 0) is 33.0 Å². The molecule has 1 amide bonds. The van der Waals surface area contributed by atoms with Crippen molar-refractivity contribution in [3.63, 3.8) is 0 Å². The molecule has 2 rings (SSSR count). The summed E-state index contributed by atoms with van der Waals surface area (Å²) in [5.41, 5.74) is 0.176. The van der Waals surface area contributed by atoms with Gasteiger partial charge in [-0.1, -0.05) is 23.7 Å². The lowest BCUT2D eigenvalue weighted by molar-refractivity contribution is -0.123. The van der Waals surface area contributed by atoms with Crippen LogP contribution in [0.15, 0.2) is 24.3 Å². The van der Waals surface area contributed by atoms with Crippen molar-refractivity contribution in [2.45, 2.75) is 19.4 Å². The fraction of sp³-hybridized carbons (Fsp3) is 0.588. The van der Waals surface area contributed by atoms with Crippen molar-refractivity contribution in [2.24, 2.45) is 0 Å². The highest BCUT2D eigenvalue weighted by Gasteiger charge is 2.30. The second-order valence-electron chi connectivity index (χ2n) is 6.58. The predicted molar refractivity (Wildman–Crippen MR) is 93.1 cm³/mol. The first kappa shape index (κ1) is 18.0. The smallest absolute Gasteiger partial charge is 0.257 e. The molecule has 1 aromatic carbocycles. The quantitative estimate of drug-likeness (QED) is 0.859. The van der Waals surface area contributed by atoms with Gasteiger partial charge in [0.15, 0.2) is 6.61 Å². The van der Waals surface area contributed by atoms with Crippen molar-refractivity contribution in [3.05, 3.63) is 29.3 Å². The number of carbonyl (C=O) groups excluding carboxylic acids is 1. The lowest BCUT2D eigenvalue weighted by Gasteiger charge is -2.45. The Bertz CT molecular complexity index is 536. The van der Waals surface area contributed by atoms with Crippen LogP contribution in [0.2, 0.25) is 5.02 Å². The first-order valence-electron chi connectivity index (χ1n) is 7.96. The van der Waals surface area contributed by atoms with Gasteiger partial charge in [0.1, 0.15) is 5.75 Å². The molecule has 0 unspecified atom stereocenters. The summed E-state index contributed by atoms with van der Waals surface area (Å²) >= 11 is 5.98. The second kappa shape index (κ2) is 7.99. The molecule has 23 heavy (non-hydrogen) atoms. The Balaban J connectivity index is 1.66. The van der Waals surface area contributed by atoms with Gasteiger partial charge in [0, 0.05) is 38.3 Å². The number of ether oxygens (including phenoxy) is 1. The molecule has 0 aliphatic carbocycles. The molecule has 0 spiro atoms. The third kappa shape index (κ3) is 5.37. The molecular formula is C17H26ClN3O2. The van der Waals surface area contributed by atoms with E-state index >= 15 is 0 Å². The van der Waals surface area contributed by atoms with Gasteiger partial charge in [0.2, 0.25) is 0 Å². The van der Waals surface area contributed by atoms with E-state index in [4.69, 9.17) is 16.3 Å². The van der Waals surface area contributed by atoms with Crippen molar-refractivity contribution in [1.82, 2.24) is 15.1 Å². The number of amides is 1. The van der Waals surface area contributed by atoms with E-state index in [0.717, 1.165) is 26.2 Å². The summed E-state index contributed by atoms with van der Waals surface area (Å²) < 4.78 is 5.42. The molecule has 0 bridgehead atoms. The van der Waals surface area contributed by atoms with E-state index < -0.39 is 0 Å². The van der Waals surface area contributed by atoms with Crippen LogP contribution < -0.4 is 10.1 Å². The molecule has 1 N–H and O–H groups in total. The van der Waals surface area contributed by atoms with Crippen LogP contribution in [0, 0.1) is 0 Å². The molecule has 0 aromatic heterocycles. The highest BCUT2D eigenvalue weighted by molar-refractivity contribution is 6.32. The number of benzene rings is 1. The van der Waals surface area contributed by atoms with Crippen LogP contribution in [-0.2, 0) is 4.79 Å². The zero-order valence-corrected chi connectivity index (χ0v) is 14.9. The lowest BCUT2D eigenvalue weighted by atomic mass is 10.00. The van der Waals surface area contributed by atoms with Crippen molar-refractivity contribution < 1.29 is 9.53 Å². The molecule has 6 heteroatoms. The van der Waals surface area contributed by atoms with E-state index in [1.165, 1.54) is 0 Å². The second-order valence-corrected chi connectivity index (χ2v) is 6.99. The minimum absolute atomic E-state index is 0.0159. The summed E-state index contributed by atoms with van der Waals surface area (Å²) in [7, 11) is 2.16. The molecular weight excluding hydrogens is 314 g/mol. The number of nitrogens with zero attached hydrogens (tertiary/aromatic N) is 2. The fourth-order valence-electron chi connectivity index (χ4n) is 2.64. The van der Waals surface area contributed by atoms with E-state index in [-0.39, 0.29) is 18.1 Å². The van der Waals surface area contributed by atoms with E-state index in [2.05, 4.69) is 36.0 Å². The van der Waals surface area contributed by atoms with Crippen molar-refractivity contribution in [2.75, 3.05) is 46.4 Å². The largest absolute Gasteiger partial charge is 0.482 e. The molecule has 128 valence electrons. The Labute approximate surface area is 143 Å². The Morgan fingerprint density at radius 1 is 1.35 bits per heavy atom. The highest BCUT2D eigenvalue weighted by Crippen LogP contribution is 2.22. The summed E-state index contributed by atoms with van der Waals surface area (Å²) in [6.45, 7) is 9.06.